The first-order valence-corrected chi connectivity index (χ1v) is 6.67. The van der Waals surface area contributed by atoms with Crippen LogP contribution in [0.2, 0.25) is 5.02 Å². The van der Waals surface area contributed by atoms with Crippen molar-refractivity contribution in [2.45, 2.75) is 25.8 Å². The van der Waals surface area contributed by atoms with Gasteiger partial charge in [0.25, 0.3) is 0 Å². The Morgan fingerprint density at radius 3 is 2.89 bits per heavy atom. The van der Waals surface area contributed by atoms with E-state index in [2.05, 4.69) is 22.4 Å². The second-order valence-electron chi connectivity index (χ2n) is 4.60. The molecule has 1 aliphatic carbocycles. The molecule has 18 heavy (non-hydrogen) atoms. The number of halogens is 1. The maximum Gasteiger partial charge on any atom is 0.126 e. The Balaban J connectivity index is 1.72. The highest BCUT2D eigenvalue weighted by molar-refractivity contribution is 6.31. The van der Waals surface area contributed by atoms with Gasteiger partial charge in [0.05, 0.1) is 0 Å². The summed E-state index contributed by atoms with van der Waals surface area (Å²) in [5.74, 6) is 0.940. The van der Waals surface area contributed by atoms with Crippen LogP contribution in [-0.2, 0) is 19.4 Å². The van der Waals surface area contributed by atoms with Crippen LogP contribution in [0.15, 0.2) is 36.4 Å². The Kier molecular flexibility index (Phi) is 3.20. The van der Waals surface area contributed by atoms with E-state index in [0.717, 1.165) is 22.8 Å². The second kappa shape index (κ2) is 4.99. The summed E-state index contributed by atoms with van der Waals surface area (Å²) in [4.78, 5) is 4.64. The number of anilines is 1. The Bertz CT molecular complexity index is 566. The van der Waals surface area contributed by atoms with E-state index < -0.39 is 0 Å². The summed E-state index contributed by atoms with van der Waals surface area (Å²) in [5.41, 5.74) is 3.75. The monoisotopic (exact) mass is 258 g/mol. The first kappa shape index (κ1) is 11.5. The molecule has 3 heteroatoms. The van der Waals surface area contributed by atoms with Crippen molar-refractivity contribution in [3.63, 3.8) is 0 Å². The minimum atomic E-state index is 0.714. The zero-order valence-electron chi connectivity index (χ0n) is 10.1. The lowest BCUT2D eigenvalue weighted by atomic mass is 10.2. The maximum atomic E-state index is 6.12. The normalized spacial score (nSPS) is 13.4. The number of fused-ring (bicyclic) bond motifs is 1. The Hall–Kier alpha value is -1.54. The van der Waals surface area contributed by atoms with Crippen molar-refractivity contribution >= 4 is 17.4 Å². The lowest BCUT2D eigenvalue weighted by Crippen LogP contribution is -2.03. The molecule has 0 bridgehead atoms. The van der Waals surface area contributed by atoms with Crippen molar-refractivity contribution in [1.82, 2.24) is 4.98 Å². The lowest BCUT2D eigenvalue weighted by Gasteiger charge is -2.08. The van der Waals surface area contributed by atoms with Gasteiger partial charge in [-0.3, -0.25) is 0 Å². The minimum Gasteiger partial charge on any atom is -0.366 e. The quantitative estimate of drug-likeness (QED) is 0.905. The van der Waals surface area contributed by atoms with Gasteiger partial charge < -0.3 is 5.32 Å². The molecule has 1 heterocycles. The molecule has 0 radical (unpaired) electrons. The standard InChI is InChI=1S/C15H15ClN2/c16-13-6-2-1-4-12(13)10-17-15-9-8-11-5-3-7-14(11)18-15/h1-2,4,6,8-9H,3,5,7,10H2,(H,17,18). The Morgan fingerprint density at radius 2 is 2.00 bits per heavy atom. The van der Waals surface area contributed by atoms with Crippen LogP contribution in [0.3, 0.4) is 0 Å². The van der Waals surface area contributed by atoms with Gasteiger partial charge in [-0.2, -0.15) is 0 Å². The summed E-state index contributed by atoms with van der Waals surface area (Å²) in [5, 5.41) is 4.13. The Labute approximate surface area is 112 Å². The molecule has 0 saturated carbocycles. The van der Waals surface area contributed by atoms with Gasteiger partial charge in [0.15, 0.2) is 0 Å². The molecule has 1 N–H and O–H groups in total. The average molecular weight is 259 g/mol. The van der Waals surface area contributed by atoms with E-state index in [1.165, 1.54) is 24.1 Å². The van der Waals surface area contributed by atoms with Gasteiger partial charge in [-0.05, 0) is 42.5 Å². The van der Waals surface area contributed by atoms with E-state index in [9.17, 15) is 0 Å². The number of aryl methyl sites for hydroxylation is 2. The molecular weight excluding hydrogens is 244 g/mol. The van der Waals surface area contributed by atoms with E-state index in [1.54, 1.807) is 0 Å². The minimum absolute atomic E-state index is 0.714. The highest BCUT2D eigenvalue weighted by Crippen LogP contribution is 2.22. The molecule has 0 atom stereocenters. The van der Waals surface area contributed by atoms with Gasteiger partial charge in [0, 0.05) is 17.3 Å². The van der Waals surface area contributed by atoms with E-state index in [0.29, 0.717) is 6.54 Å². The molecule has 3 rings (SSSR count). The van der Waals surface area contributed by atoms with Crippen molar-refractivity contribution < 1.29 is 0 Å². The molecule has 0 aliphatic heterocycles. The van der Waals surface area contributed by atoms with Crippen LogP contribution >= 0.6 is 11.6 Å². The number of nitrogens with one attached hydrogen (secondary N) is 1. The van der Waals surface area contributed by atoms with Crippen LogP contribution < -0.4 is 5.32 Å². The predicted molar refractivity (Wildman–Crippen MR) is 75.0 cm³/mol. The first-order valence-electron chi connectivity index (χ1n) is 6.29. The van der Waals surface area contributed by atoms with Gasteiger partial charge >= 0.3 is 0 Å². The zero-order valence-corrected chi connectivity index (χ0v) is 10.9. The SMILES string of the molecule is Clc1ccccc1CNc1ccc2c(n1)CCC2. The number of hydrogen-bond donors (Lipinski definition) is 1. The highest BCUT2D eigenvalue weighted by atomic mass is 35.5. The molecule has 1 aliphatic rings. The molecule has 92 valence electrons. The molecule has 0 saturated heterocycles. The smallest absolute Gasteiger partial charge is 0.126 e. The summed E-state index contributed by atoms with van der Waals surface area (Å²) < 4.78 is 0. The van der Waals surface area contributed by atoms with Gasteiger partial charge in [-0.25, -0.2) is 4.98 Å². The summed E-state index contributed by atoms with van der Waals surface area (Å²) in [7, 11) is 0. The van der Waals surface area contributed by atoms with Crippen LogP contribution in [0, 0.1) is 0 Å². The van der Waals surface area contributed by atoms with Crippen LogP contribution in [0.5, 0.6) is 0 Å². The molecule has 0 amide bonds. The predicted octanol–water partition coefficient (Wildman–Crippen LogP) is 3.84. The van der Waals surface area contributed by atoms with Crippen LogP contribution in [0.1, 0.15) is 23.2 Å². The first-order chi connectivity index (χ1) is 8.83. The molecule has 1 aromatic carbocycles. The Morgan fingerprint density at radius 1 is 1.11 bits per heavy atom. The van der Waals surface area contributed by atoms with E-state index in [4.69, 9.17) is 11.6 Å². The van der Waals surface area contributed by atoms with Crippen LogP contribution in [0.25, 0.3) is 0 Å². The molecule has 0 spiro atoms. The fourth-order valence-electron chi connectivity index (χ4n) is 2.35. The van der Waals surface area contributed by atoms with E-state index in [1.807, 2.05) is 24.3 Å². The molecule has 1 aromatic heterocycles. The molecule has 0 unspecified atom stereocenters. The molecular formula is C15H15ClN2. The van der Waals surface area contributed by atoms with Crippen LogP contribution in [0.4, 0.5) is 5.82 Å². The van der Waals surface area contributed by atoms with Crippen molar-refractivity contribution in [3.05, 3.63) is 58.2 Å². The van der Waals surface area contributed by atoms with Gasteiger partial charge in [-0.15, -0.1) is 0 Å². The number of benzene rings is 1. The average Bonchev–Trinajstić information content (AvgIpc) is 2.85. The summed E-state index contributed by atoms with van der Waals surface area (Å²) >= 11 is 6.12. The summed E-state index contributed by atoms with van der Waals surface area (Å²) in [6.45, 7) is 0.714. The van der Waals surface area contributed by atoms with E-state index in [-0.39, 0.29) is 0 Å². The third-order valence-corrected chi connectivity index (χ3v) is 3.71. The van der Waals surface area contributed by atoms with Crippen molar-refractivity contribution in [2.24, 2.45) is 0 Å². The number of nitrogens with zero attached hydrogens (tertiary/aromatic N) is 1. The van der Waals surface area contributed by atoms with Gasteiger partial charge in [0.1, 0.15) is 5.82 Å². The zero-order chi connectivity index (χ0) is 12.4. The highest BCUT2D eigenvalue weighted by Gasteiger charge is 2.12. The van der Waals surface area contributed by atoms with Crippen molar-refractivity contribution in [3.8, 4) is 0 Å². The largest absolute Gasteiger partial charge is 0.366 e. The fourth-order valence-corrected chi connectivity index (χ4v) is 2.55. The second-order valence-corrected chi connectivity index (χ2v) is 5.01. The van der Waals surface area contributed by atoms with Gasteiger partial charge in [-0.1, -0.05) is 35.9 Å². The fraction of sp³-hybridized carbons (Fsp3) is 0.267. The topological polar surface area (TPSA) is 24.9 Å². The lowest BCUT2D eigenvalue weighted by molar-refractivity contribution is 0.899. The number of aromatic nitrogens is 1. The third-order valence-electron chi connectivity index (χ3n) is 3.35. The molecule has 2 aromatic rings. The number of rotatable bonds is 3. The maximum absolute atomic E-state index is 6.12. The van der Waals surface area contributed by atoms with Crippen LogP contribution in [-0.4, -0.2) is 4.98 Å². The third kappa shape index (κ3) is 2.34. The summed E-state index contributed by atoms with van der Waals surface area (Å²) in [6, 6.07) is 12.1. The molecule has 2 nitrogen and oxygen atoms in total. The molecule has 0 fully saturated rings. The number of hydrogen-bond acceptors (Lipinski definition) is 2. The number of pyridine rings is 1. The van der Waals surface area contributed by atoms with Crippen molar-refractivity contribution in [2.75, 3.05) is 5.32 Å². The summed E-state index contributed by atoms with van der Waals surface area (Å²) in [6.07, 6.45) is 3.51. The van der Waals surface area contributed by atoms with Gasteiger partial charge in [0.2, 0.25) is 0 Å². The van der Waals surface area contributed by atoms with E-state index >= 15 is 0 Å². The van der Waals surface area contributed by atoms with Crippen molar-refractivity contribution in [1.29, 1.82) is 0 Å².